The van der Waals surface area contributed by atoms with Crippen molar-refractivity contribution >= 4 is 27.7 Å². The zero-order valence-electron chi connectivity index (χ0n) is 22.4. The van der Waals surface area contributed by atoms with Crippen LogP contribution in [0.3, 0.4) is 0 Å². The van der Waals surface area contributed by atoms with E-state index in [0.29, 0.717) is 11.4 Å². The van der Waals surface area contributed by atoms with Crippen molar-refractivity contribution in [2.45, 2.75) is 57.4 Å². The second kappa shape index (κ2) is 11.8. The van der Waals surface area contributed by atoms with E-state index in [1.54, 1.807) is 25.5 Å². The Morgan fingerprint density at radius 2 is 1.32 bits per heavy atom. The second-order valence-electron chi connectivity index (χ2n) is 10.4. The zero-order valence-corrected chi connectivity index (χ0v) is 23.2. The van der Waals surface area contributed by atoms with E-state index in [1.165, 1.54) is 18.2 Å². The second-order valence-corrected chi connectivity index (χ2v) is 12.0. The molecule has 0 fully saturated rings. The Bertz CT molecular complexity index is 1570. The van der Waals surface area contributed by atoms with Crippen LogP contribution in [0.25, 0.3) is 0 Å². The van der Waals surface area contributed by atoms with Gasteiger partial charge in [0.1, 0.15) is 5.56 Å². The van der Waals surface area contributed by atoms with Crippen molar-refractivity contribution in [2.24, 2.45) is 0 Å². The lowest BCUT2D eigenvalue weighted by molar-refractivity contribution is -0.390. The molecule has 3 heterocycles. The van der Waals surface area contributed by atoms with Crippen LogP contribution in [-0.4, -0.2) is 45.3 Å². The van der Waals surface area contributed by atoms with Crippen LogP contribution in [0, 0.1) is 22.0 Å². The summed E-state index contributed by atoms with van der Waals surface area (Å²) in [7, 11) is -4.53. The predicted molar refractivity (Wildman–Crippen MR) is 138 cm³/mol. The van der Waals surface area contributed by atoms with Crippen molar-refractivity contribution in [3.63, 3.8) is 0 Å². The minimum atomic E-state index is -4.53. The summed E-state index contributed by atoms with van der Waals surface area (Å²) in [5.74, 6) is -5.32. The van der Waals surface area contributed by atoms with E-state index < -0.39 is 66.1 Å². The van der Waals surface area contributed by atoms with Crippen molar-refractivity contribution < 1.29 is 36.8 Å². The van der Waals surface area contributed by atoms with Crippen LogP contribution in [0.4, 0.5) is 14.6 Å². The van der Waals surface area contributed by atoms with E-state index in [9.17, 15) is 36.9 Å². The molecule has 0 spiro atoms. The molecule has 40 heavy (non-hydrogen) atoms. The average molecular weight is 580 g/mol. The van der Waals surface area contributed by atoms with Crippen LogP contribution in [0.2, 0.25) is 0 Å². The van der Waals surface area contributed by atoms with Crippen LogP contribution in [0.15, 0.2) is 47.5 Å². The first-order chi connectivity index (χ1) is 18.2. The third kappa shape index (κ3) is 8.05. The lowest BCUT2D eigenvalue weighted by Crippen LogP contribution is -2.32. The molecule has 12 nitrogen and oxygen atoms in total. The first-order valence-corrected chi connectivity index (χ1v) is 13.0. The summed E-state index contributed by atoms with van der Waals surface area (Å²) in [5, 5.41) is 18.5. The van der Waals surface area contributed by atoms with Crippen molar-refractivity contribution in [1.82, 2.24) is 19.7 Å². The molecule has 1 amide bonds. The summed E-state index contributed by atoms with van der Waals surface area (Å²) in [4.78, 5) is 43.1. The summed E-state index contributed by atoms with van der Waals surface area (Å²) in [5.41, 5.74) is -0.785. The maximum absolute atomic E-state index is 14.1. The number of aromatic carboxylic acids is 1. The molecule has 3 aromatic heterocycles. The molecule has 214 valence electrons. The lowest BCUT2D eigenvalue weighted by Gasteiger charge is -2.17. The van der Waals surface area contributed by atoms with Gasteiger partial charge < -0.3 is 15.2 Å². The maximum Gasteiger partial charge on any atom is 0.364 e. The van der Waals surface area contributed by atoms with Crippen LogP contribution in [-0.2, 0) is 20.9 Å². The smallest absolute Gasteiger partial charge is 0.364 e. The highest BCUT2D eigenvalue weighted by Gasteiger charge is 2.28. The molecule has 0 bridgehead atoms. The zero-order chi connectivity index (χ0) is 30.6. The molecule has 15 heteroatoms. The van der Waals surface area contributed by atoms with Crippen LogP contribution in [0.5, 0.6) is 0 Å². The molecule has 0 aromatic carbocycles. The molecule has 0 radical (unpaired) electrons. The fourth-order valence-electron chi connectivity index (χ4n) is 2.92. The Morgan fingerprint density at radius 1 is 0.850 bits per heavy atom. The number of amides is 1. The summed E-state index contributed by atoms with van der Waals surface area (Å²) in [6.07, 6.45) is 0. The summed E-state index contributed by atoms with van der Waals surface area (Å²) < 4.78 is 53.2. The van der Waals surface area contributed by atoms with Gasteiger partial charge in [-0.1, -0.05) is 41.5 Å². The first-order valence-electron chi connectivity index (χ1n) is 11.5. The molecule has 0 aliphatic carbocycles. The number of nitrogens with zero attached hydrogens (tertiary/aromatic N) is 4. The van der Waals surface area contributed by atoms with Gasteiger partial charge in [-0.25, -0.2) is 19.5 Å². The number of aromatic nitrogens is 3. The molecule has 0 aliphatic rings. The molecule has 3 aromatic rings. The van der Waals surface area contributed by atoms with Gasteiger partial charge >= 0.3 is 21.8 Å². The number of hydrogen-bond acceptors (Lipinski definition) is 9. The summed E-state index contributed by atoms with van der Waals surface area (Å²) in [6.45, 7) is 11.0. The largest absolute Gasteiger partial charge is 0.478 e. The van der Waals surface area contributed by atoms with E-state index in [4.69, 9.17) is 5.11 Å². The highest BCUT2D eigenvalue weighted by Crippen LogP contribution is 2.22. The Balaban J connectivity index is 0.000000337. The molecular weight excluding hydrogens is 552 g/mol. The van der Waals surface area contributed by atoms with Gasteiger partial charge in [0.25, 0.3) is 10.9 Å². The predicted octanol–water partition coefficient (Wildman–Crippen LogP) is 4.16. The van der Waals surface area contributed by atoms with E-state index in [2.05, 4.69) is 15.0 Å². The number of rotatable bonds is 5. The number of carboxylic acids is 1. The van der Waals surface area contributed by atoms with Crippen molar-refractivity contribution in [1.29, 1.82) is 0 Å². The third-order valence-electron chi connectivity index (χ3n) is 5.11. The standard InChI is InChI=1S/C15H15FN4O5S.C10H12FNO2/c1-15(2,3)10-8-7-9(13(16)17-10)14(21)19-26(24,25)12-6-4-5-11(18-12)20(22)23;1-10(2,3)7-5-4-6(9(13)14)8(11)12-7/h4-8H,1-3H3,(H,19,21);4-5H,1-3H3,(H,13,14). The van der Waals surface area contributed by atoms with E-state index in [1.807, 2.05) is 20.8 Å². The Morgan fingerprint density at radius 3 is 1.73 bits per heavy atom. The molecule has 2 N–H and O–H groups in total. The van der Waals surface area contributed by atoms with Crippen LogP contribution in [0.1, 0.15) is 73.6 Å². The number of nitrogens with one attached hydrogen (secondary N) is 1. The van der Waals surface area contributed by atoms with Crippen molar-refractivity contribution in [3.05, 3.63) is 87.0 Å². The fraction of sp³-hybridized carbons (Fsp3) is 0.320. The van der Waals surface area contributed by atoms with E-state index in [-0.39, 0.29) is 5.41 Å². The molecule has 0 aliphatic heterocycles. The van der Waals surface area contributed by atoms with Gasteiger partial charge in [0.05, 0.1) is 5.56 Å². The fourth-order valence-corrected chi connectivity index (χ4v) is 3.85. The lowest BCUT2D eigenvalue weighted by atomic mass is 9.91. The van der Waals surface area contributed by atoms with Gasteiger partial charge in [-0.3, -0.25) is 4.79 Å². The van der Waals surface area contributed by atoms with E-state index in [0.717, 1.165) is 24.3 Å². The maximum atomic E-state index is 14.1. The van der Waals surface area contributed by atoms with E-state index >= 15 is 0 Å². The van der Waals surface area contributed by atoms with Gasteiger partial charge in [0.2, 0.25) is 11.9 Å². The SMILES string of the molecule is CC(C)(C)c1ccc(C(=O)NS(=O)(=O)c2cccc([N+](=O)[O-])n2)c(F)n1.CC(C)(C)c1ccc(C(=O)O)c(F)n1. The number of carbonyl (C=O) groups excluding carboxylic acids is 1. The van der Waals surface area contributed by atoms with Crippen molar-refractivity contribution in [3.8, 4) is 0 Å². The minimum Gasteiger partial charge on any atom is -0.478 e. The molecule has 0 unspecified atom stereocenters. The van der Waals surface area contributed by atoms with Gasteiger partial charge in [0.15, 0.2) is 0 Å². The van der Waals surface area contributed by atoms with Crippen molar-refractivity contribution in [2.75, 3.05) is 0 Å². The Labute approximate surface area is 228 Å². The number of carboxylic acid groups (broad SMARTS) is 1. The summed E-state index contributed by atoms with van der Waals surface area (Å²) in [6, 6.07) is 8.38. The highest BCUT2D eigenvalue weighted by atomic mass is 32.2. The average Bonchev–Trinajstić information content (AvgIpc) is 2.82. The number of sulfonamides is 1. The number of pyridine rings is 3. The van der Waals surface area contributed by atoms with Gasteiger partial charge in [-0.15, -0.1) is 0 Å². The molecule has 0 atom stereocenters. The monoisotopic (exact) mass is 579 g/mol. The molecule has 3 rings (SSSR count). The van der Waals surface area contributed by atoms with Crippen LogP contribution < -0.4 is 4.72 Å². The number of nitro groups is 1. The molecule has 0 saturated heterocycles. The third-order valence-corrected chi connectivity index (χ3v) is 6.34. The molecule has 0 saturated carbocycles. The first kappa shape index (κ1) is 31.8. The van der Waals surface area contributed by atoms with Gasteiger partial charge in [-0.05, 0) is 40.2 Å². The topological polar surface area (TPSA) is 182 Å². The minimum absolute atomic E-state index is 0.280. The Hall–Kier alpha value is -4.40. The van der Waals surface area contributed by atoms with Gasteiger partial charge in [-0.2, -0.15) is 17.2 Å². The Kier molecular flexibility index (Phi) is 9.36. The highest BCUT2D eigenvalue weighted by molar-refractivity contribution is 7.90. The number of halogens is 2. The van der Waals surface area contributed by atoms with Gasteiger partial charge in [0, 0.05) is 34.4 Å². The van der Waals surface area contributed by atoms with Crippen LogP contribution >= 0.6 is 0 Å². The quantitative estimate of drug-likeness (QED) is 0.253. The molecular formula is C25H27F2N5O7S. The number of hydrogen-bond donors (Lipinski definition) is 2. The normalized spacial score (nSPS) is 11.7. The number of carbonyl (C=O) groups is 2. The summed E-state index contributed by atoms with van der Waals surface area (Å²) >= 11 is 0.